The van der Waals surface area contributed by atoms with Gasteiger partial charge in [0.25, 0.3) is 5.91 Å². The summed E-state index contributed by atoms with van der Waals surface area (Å²) in [4.78, 5) is 12.5. The molecule has 3 rings (SSSR count). The second-order valence-electron chi connectivity index (χ2n) is 5.34. The van der Waals surface area contributed by atoms with Crippen molar-refractivity contribution in [2.45, 2.75) is 19.8 Å². The highest BCUT2D eigenvalue weighted by Crippen LogP contribution is 2.25. The van der Waals surface area contributed by atoms with Gasteiger partial charge >= 0.3 is 0 Å². The van der Waals surface area contributed by atoms with Crippen molar-refractivity contribution in [1.82, 2.24) is 10.2 Å². The van der Waals surface area contributed by atoms with E-state index in [0.29, 0.717) is 11.5 Å². The number of nitrogens with one attached hydrogen (secondary N) is 2. The molecule has 0 aliphatic heterocycles. The number of nitrogens with zero attached hydrogens (tertiary/aromatic N) is 1. The maximum Gasteiger partial charge on any atom is 0.257 e. The number of H-pyrrole nitrogens is 1. The fourth-order valence-corrected chi connectivity index (χ4v) is 2.46. The maximum atomic E-state index is 12.5. The summed E-state index contributed by atoms with van der Waals surface area (Å²) in [6.45, 7) is 4.22. The molecule has 21 heavy (non-hydrogen) atoms. The van der Waals surface area contributed by atoms with E-state index < -0.39 is 0 Å². The van der Waals surface area contributed by atoms with Gasteiger partial charge in [0.1, 0.15) is 0 Å². The fourth-order valence-electron chi connectivity index (χ4n) is 2.46. The number of hydrogen-bond donors (Lipinski definition) is 2. The number of fused-ring (bicyclic) bond motifs is 1. The van der Waals surface area contributed by atoms with Crippen LogP contribution in [0.25, 0.3) is 10.9 Å². The van der Waals surface area contributed by atoms with Crippen LogP contribution in [0.3, 0.4) is 0 Å². The van der Waals surface area contributed by atoms with Crippen molar-refractivity contribution in [1.29, 1.82) is 0 Å². The number of benzene rings is 2. The number of hydrogen-bond acceptors (Lipinski definition) is 2. The van der Waals surface area contributed by atoms with E-state index in [1.165, 1.54) is 0 Å². The van der Waals surface area contributed by atoms with Crippen LogP contribution in [-0.2, 0) is 0 Å². The highest BCUT2D eigenvalue weighted by Gasteiger charge is 2.14. The molecule has 0 spiro atoms. The normalized spacial score (nSPS) is 11.0. The van der Waals surface area contributed by atoms with Crippen LogP contribution in [0, 0.1) is 0 Å². The van der Waals surface area contributed by atoms with Crippen LogP contribution < -0.4 is 5.32 Å². The van der Waals surface area contributed by atoms with Crippen molar-refractivity contribution >= 4 is 22.5 Å². The second kappa shape index (κ2) is 5.40. The average Bonchev–Trinajstić information content (AvgIpc) is 2.95. The molecule has 0 aliphatic carbocycles. The highest BCUT2D eigenvalue weighted by atomic mass is 16.1. The maximum absolute atomic E-state index is 12.5. The number of carbonyl (C=O) groups is 1. The Morgan fingerprint density at radius 1 is 1.14 bits per heavy atom. The van der Waals surface area contributed by atoms with Crippen LogP contribution in [0.4, 0.5) is 5.69 Å². The highest BCUT2D eigenvalue weighted by molar-refractivity contribution is 6.12. The Morgan fingerprint density at radius 3 is 2.76 bits per heavy atom. The van der Waals surface area contributed by atoms with Gasteiger partial charge in [0.15, 0.2) is 0 Å². The Labute approximate surface area is 123 Å². The molecular formula is C17H17N3O. The largest absolute Gasteiger partial charge is 0.322 e. The summed E-state index contributed by atoms with van der Waals surface area (Å²) in [5, 5.41) is 10.8. The Bertz CT molecular complexity index is 789. The van der Waals surface area contributed by atoms with Crippen molar-refractivity contribution in [2.24, 2.45) is 0 Å². The summed E-state index contributed by atoms with van der Waals surface area (Å²) in [5.41, 5.74) is 3.34. The summed E-state index contributed by atoms with van der Waals surface area (Å²) >= 11 is 0. The molecule has 4 nitrogen and oxygen atoms in total. The third-order valence-electron chi connectivity index (χ3n) is 3.55. The van der Waals surface area contributed by atoms with Crippen molar-refractivity contribution in [2.75, 3.05) is 5.32 Å². The predicted molar refractivity (Wildman–Crippen MR) is 84.6 cm³/mol. The lowest BCUT2D eigenvalue weighted by molar-refractivity contribution is 0.102. The minimum atomic E-state index is -0.127. The molecule has 1 aromatic heterocycles. The Kier molecular flexibility index (Phi) is 3.44. The first-order chi connectivity index (χ1) is 10.2. The van der Waals surface area contributed by atoms with Gasteiger partial charge in [0.2, 0.25) is 0 Å². The molecule has 1 amide bonds. The van der Waals surface area contributed by atoms with Gasteiger partial charge in [0.05, 0.1) is 17.3 Å². The topological polar surface area (TPSA) is 57.8 Å². The van der Waals surface area contributed by atoms with Gasteiger partial charge in [-0.25, -0.2) is 0 Å². The second-order valence-corrected chi connectivity index (χ2v) is 5.34. The molecule has 0 bridgehead atoms. The number of rotatable bonds is 3. The Balaban J connectivity index is 1.96. The molecule has 3 aromatic rings. The zero-order valence-electron chi connectivity index (χ0n) is 12.1. The SMILES string of the molecule is CC(C)c1ccccc1NC(=O)c1cccc2cn[nH]c12. The number of carbonyl (C=O) groups excluding carboxylic acids is 1. The van der Waals surface area contributed by atoms with Crippen molar-refractivity contribution in [3.8, 4) is 0 Å². The Morgan fingerprint density at radius 2 is 1.95 bits per heavy atom. The lowest BCUT2D eigenvalue weighted by atomic mass is 10.0. The van der Waals surface area contributed by atoms with Gasteiger partial charge in [0, 0.05) is 11.1 Å². The third kappa shape index (κ3) is 2.52. The molecule has 0 aliphatic rings. The molecule has 0 atom stereocenters. The van der Waals surface area contributed by atoms with E-state index in [4.69, 9.17) is 0 Å². The standard InChI is InChI=1S/C17H17N3O/c1-11(2)13-7-3-4-9-15(13)19-17(21)14-8-5-6-12-10-18-20-16(12)14/h3-11H,1-2H3,(H,18,20)(H,19,21). The lowest BCUT2D eigenvalue weighted by Gasteiger charge is -2.13. The summed E-state index contributed by atoms with van der Waals surface area (Å²) in [5.74, 6) is 0.224. The molecule has 0 fully saturated rings. The van der Waals surface area contributed by atoms with Gasteiger partial charge < -0.3 is 5.32 Å². The summed E-state index contributed by atoms with van der Waals surface area (Å²) in [6.07, 6.45) is 1.72. The monoisotopic (exact) mass is 279 g/mol. The molecular weight excluding hydrogens is 262 g/mol. The zero-order chi connectivity index (χ0) is 14.8. The van der Waals surface area contributed by atoms with Gasteiger partial charge in [-0.2, -0.15) is 5.10 Å². The van der Waals surface area contributed by atoms with E-state index >= 15 is 0 Å². The van der Waals surface area contributed by atoms with Gasteiger partial charge in [-0.15, -0.1) is 0 Å². The molecule has 0 saturated heterocycles. The first kappa shape index (κ1) is 13.4. The molecule has 2 N–H and O–H groups in total. The smallest absolute Gasteiger partial charge is 0.257 e. The van der Waals surface area contributed by atoms with E-state index in [1.54, 1.807) is 12.3 Å². The van der Waals surface area contributed by atoms with Gasteiger partial charge in [-0.3, -0.25) is 9.89 Å². The van der Waals surface area contributed by atoms with E-state index in [0.717, 1.165) is 22.2 Å². The van der Waals surface area contributed by atoms with Crippen LogP contribution in [-0.4, -0.2) is 16.1 Å². The van der Waals surface area contributed by atoms with E-state index in [9.17, 15) is 4.79 Å². The minimum absolute atomic E-state index is 0.127. The minimum Gasteiger partial charge on any atom is -0.322 e. The molecule has 106 valence electrons. The molecule has 0 radical (unpaired) electrons. The van der Waals surface area contributed by atoms with Gasteiger partial charge in [-0.05, 0) is 23.6 Å². The van der Waals surface area contributed by atoms with Crippen LogP contribution >= 0.6 is 0 Å². The van der Waals surface area contributed by atoms with Gasteiger partial charge in [-0.1, -0.05) is 44.2 Å². The van der Waals surface area contributed by atoms with Crippen LogP contribution in [0.5, 0.6) is 0 Å². The van der Waals surface area contributed by atoms with Crippen LogP contribution in [0.1, 0.15) is 35.7 Å². The average molecular weight is 279 g/mol. The first-order valence-corrected chi connectivity index (χ1v) is 6.99. The number of aromatic nitrogens is 2. The van der Waals surface area contributed by atoms with E-state index in [-0.39, 0.29) is 5.91 Å². The van der Waals surface area contributed by atoms with Crippen molar-refractivity contribution in [3.63, 3.8) is 0 Å². The van der Waals surface area contributed by atoms with Crippen LogP contribution in [0.2, 0.25) is 0 Å². The van der Waals surface area contributed by atoms with Crippen molar-refractivity contribution in [3.05, 3.63) is 59.8 Å². The van der Waals surface area contributed by atoms with Crippen LogP contribution in [0.15, 0.2) is 48.7 Å². The molecule has 0 saturated carbocycles. The predicted octanol–water partition coefficient (Wildman–Crippen LogP) is 3.94. The number of anilines is 1. The first-order valence-electron chi connectivity index (χ1n) is 6.99. The summed E-state index contributed by atoms with van der Waals surface area (Å²) in [6, 6.07) is 13.5. The fraction of sp³-hybridized carbons (Fsp3) is 0.176. The number of amides is 1. The number of para-hydroxylation sites is 2. The summed E-state index contributed by atoms with van der Waals surface area (Å²) in [7, 11) is 0. The van der Waals surface area contributed by atoms with E-state index in [2.05, 4.69) is 29.4 Å². The lowest BCUT2D eigenvalue weighted by Crippen LogP contribution is -2.14. The molecule has 0 unspecified atom stereocenters. The third-order valence-corrected chi connectivity index (χ3v) is 3.55. The Hall–Kier alpha value is -2.62. The van der Waals surface area contributed by atoms with Crippen molar-refractivity contribution < 1.29 is 4.79 Å². The zero-order valence-corrected chi connectivity index (χ0v) is 12.1. The molecule has 2 aromatic carbocycles. The quantitative estimate of drug-likeness (QED) is 0.763. The molecule has 4 heteroatoms. The molecule has 1 heterocycles. The summed E-state index contributed by atoms with van der Waals surface area (Å²) < 4.78 is 0. The van der Waals surface area contributed by atoms with E-state index in [1.807, 2.05) is 36.4 Å². The number of aromatic amines is 1.